The van der Waals surface area contributed by atoms with Gasteiger partial charge in [0.15, 0.2) is 0 Å². The number of fused-ring (bicyclic) bond motifs is 3. The maximum Gasteiger partial charge on any atom is 0.0463 e. The lowest BCUT2D eigenvalue weighted by Crippen LogP contribution is -2.25. The van der Waals surface area contributed by atoms with Gasteiger partial charge in [0.05, 0.1) is 0 Å². The van der Waals surface area contributed by atoms with Gasteiger partial charge >= 0.3 is 0 Å². The highest BCUT2D eigenvalue weighted by molar-refractivity contribution is 5.86. The molecule has 0 amide bonds. The normalized spacial score (nSPS) is 12.3. The summed E-state index contributed by atoms with van der Waals surface area (Å²) in [6.07, 6.45) is 25.5. The molecule has 7 aromatic rings. The zero-order chi connectivity index (χ0) is 49.4. The van der Waals surface area contributed by atoms with E-state index in [1.54, 1.807) is 11.1 Å². The molecule has 1 aliphatic carbocycles. The Bertz CT molecular complexity index is 2670. The quantitative estimate of drug-likeness (QED) is 0.0474. The summed E-state index contributed by atoms with van der Waals surface area (Å²) in [5.74, 6) is 0. The van der Waals surface area contributed by atoms with E-state index in [1.807, 2.05) is 0 Å². The van der Waals surface area contributed by atoms with Crippen LogP contribution in [0.4, 0.5) is 34.1 Å². The highest BCUT2D eigenvalue weighted by Gasteiger charge is 2.42. The molecule has 0 spiro atoms. The summed E-state index contributed by atoms with van der Waals surface area (Å²) in [7, 11) is 0. The van der Waals surface area contributed by atoms with Gasteiger partial charge in [-0.1, -0.05) is 215 Å². The van der Waals surface area contributed by atoms with Crippen LogP contribution in [0.2, 0.25) is 0 Å². The monoisotopic (exact) mass is 957 g/mol. The Hall–Kier alpha value is -5.86. The van der Waals surface area contributed by atoms with Crippen molar-refractivity contribution in [2.24, 2.45) is 0 Å². The van der Waals surface area contributed by atoms with Crippen molar-refractivity contribution in [2.45, 2.75) is 183 Å². The minimum Gasteiger partial charge on any atom is -0.311 e. The number of unbranched alkanes of at least 4 members (excludes halogenated alkanes) is 12. The molecule has 0 unspecified atom stereocenters. The van der Waals surface area contributed by atoms with Gasteiger partial charge in [-0.25, -0.2) is 0 Å². The molecule has 0 fully saturated rings. The van der Waals surface area contributed by atoms with Crippen molar-refractivity contribution in [3.63, 3.8) is 0 Å². The molecular weight excluding hydrogens is 869 g/mol. The Morgan fingerprint density at radius 1 is 0.319 bits per heavy atom. The number of hydrogen-bond acceptors (Lipinski definition) is 2. The summed E-state index contributed by atoms with van der Waals surface area (Å²) in [5, 5.41) is 0. The lowest BCUT2D eigenvalue weighted by Gasteiger charge is -2.33. The predicted molar refractivity (Wildman–Crippen MR) is 317 cm³/mol. The third-order valence-electron chi connectivity index (χ3n) is 15.6. The van der Waals surface area contributed by atoms with E-state index < -0.39 is 0 Å². The van der Waals surface area contributed by atoms with Crippen LogP contribution in [0.1, 0.15) is 184 Å². The molecule has 2 heteroatoms. The number of hydrogen-bond donors (Lipinski definition) is 0. The molecule has 0 aromatic heterocycles. The summed E-state index contributed by atoms with van der Waals surface area (Å²) in [5.41, 5.74) is 21.1. The number of nitrogens with zero attached hydrogens (tertiary/aromatic N) is 2. The Balaban J connectivity index is 0.00000760. The maximum absolute atomic E-state index is 2.61. The molecule has 7 aromatic carbocycles. The smallest absolute Gasteiger partial charge is 0.0463 e. The third-order valence-corrected chi connectivity index (χ3v) is 15.6. The second-order valence-electron chi connectivity index (χ2n) is 21.0. The Morgan fingerprint density at radius 3 is 1.10 bits per heavy atom. The summed E-state index contributed by atoms with van der Waals surface area (Å²) in [6.45, 7) is 13.6. The van der Waals surface area contributed by atoms with Gasteiger partial charge in [-0.15, -0.1) is 0 Å². The van der Waals surface area contributed by atoms with Crippen LogP contribution in [0.25, 0.3) is 22.3 Å². The van der Waals surface area contributed by atoms with Gasteiger partial charge < -0.3 is 9.80 Å². The molecule has 0 atom stereocenters. The molecule has 8 rings (SSSR count). The van der Waals surface area contributed by atoms with Crippen molar-refractivity contribution in [1.29, 1.82) is 0 Å². The fourth-order valence-electron chi connectivity index (χ4n) is 11.4. The van der Waals surface area contributed by atoms with E-state index in [0.29, 0.717) is 0 Å². The third kappa shape index (κ3) is 13.0. The van der Waals surface area contributed by atoms with Gasteiger partial charge in [-0.2, -0.15) is 0 Å². The predicted octanol–water partition coefficient (Wildman–Crippen LogP) is 22.0. The van der Waals surface area contributed by atoms with E-state index >= 15 is 0 Å². The molecule has 0 saturated heterocycles. The van der Waals surface area contributed by atoms with Gasteiger partial charge in [0.2, 0.25) is 0 Å². The second-order valence-corrected chi connectivity index (χ2v) is 21.0. The zero-order valence-corrected chi connectivity index (χ0v) is 44.5. The molecule has 1 aliphatic rings. The standard InChI is InChI=1S/C69H84N2.CH4/c1-7-11-15-17-19-21-49-69(50-22-20-18-16-12-8-2)67-51-54(6)27-47-65(67)66-48-34-58(52-68(66)69)57-32-41-62(42-33-57)71(61-39-30-56(31-40-61)24-14-10-4)64-45-43-63(44-46-64)70(59-35-25-53(5)26-36-59)60-37-28-55(29-38-60)23-13-9-3;/h25-48,51-52H,7-24,49-50H2,1-6H3;1H4. The molecule has 0 heterocycles. The largest absolute Gasteiger partial charge is 0.311 e. The minimum absolute atomic E-state index is 0. The van der Waals surface area contributed by atoms with Crippen LogP contribution >= 0.6 is 0 Å². The van der Waals surface area contributed by atoms with Crippen LogP contribution in [0.15, 0.2) is 158 Å². The second kappa shape index (κ2) is 26.7. The van der Waals surface area contributed by atoms with Gasteiger partial charge in [-0.3, -0.25) is 0 Å². The van der Waals surface area contributed by atoms with Crippen molar-refractivity contribution in [2.75, 3.05) is 9.80 Å². The lowest BCUT2D eigenvalue weighted by molar-refractivity contribution is 0.398. The highest BCUT2D eigenvalue weighted by Crippen LogP contribution is 2.55. The van der Waals surface area contributed by atoms with E-state index in [-0.39, 0.29) is 12.8 Å². The van der Waals surface area contributed by atoms with Crippen LogP contribution in [0.3, 0.4) is 0 Å². The first-order chi connectivity index (χ1) is 34.8. The van der Waals surface area contributed by atoms with Crippen molar-refractivity contribution >= 4 is 34.1 Å². The van der Waals surface area contributed by atoms with Gasteiger partial charge in [0, 0.05) is 39.5 Å². The molecule has 0 bridgehead atoms. The Kier molecular flexibility index (Phi) is 20.0. The first kappa shape index (κ1) is 53.9. The molecule has 0 radical (unpaired) electrons. The molecule has 0 saturated carbocycles. The fourth-order valence-corrected chi connectivity index (χ4v) is 11.4. The topological polar surface area (TPSA) is 6.48 Å². The van der Waals surface area contributed by atoms with E-state index in [1.165, 1.54) is 171 Å². The number of anilines is 6. The summed E-state index contributed by atoms with van der Waals surface area (Å²) < 4.78 is 0. The van der Waals surface area contributed by atoms with E-state index in [4.69, 9.17) is 0 Å². The fraction of sp³-hybridized carbons (Fsp3) is 0.400. The van der Waals surface area contributed by atoms with Gasteiger partial charge in [0.1, 0.15) is 0 Å². The number of aryl methyl sites for hydroxylation is 4. The average molecular weight is 957 g/mol. The molecular formula is C70H88N2. The van der Waals surface area contributed by atoms with Crippen molar-refractivity contribution < 1.29 is 0 Å². The van der Waals surface area contributed by atoms with Crippen LogP contribution in [0.5, 0.6) is 0 Å². The molecule has 0 aliphatic heterocycles. The van der Waals surface area contributed by atoms with E-state index in [0.717, 1.165) is 35.6 Å². The van der Waals surface area contributed by atoms with E-state index in [9.17, 15) is 0 Å². The van der Waals surface area contributed by atoms with Gasteiger partial charge in [-0.05, 0) is 176 Å². The van der Waals surface area contributed by atoms with Crippen LogP contribution in [-0.4, -0.2) is 0 Å². The Labute approximate surface area is 438 Å². The van der Waals surface area contributed by atoms with Crippen molar-refractivity contribution in [1.82, 2.24) is 0 Å². The van der Waals surface area contributed by atoms with Crippen LogP contribution in [-0.2, 0) is 18.3 Å². The van der Waals surface area contributed by atoms with Crippen molar-refractivity contribution in [3.05, 3.63) is 191 Å². The zero-order valence-electron chi connectivity index (χ0n) is 44.5. The van der Waals surface area contributed by atoms with Crippen LogP contribution < -0.4 is 9.80 Å². The van der Waals surface area contributed by atoms with Crippen LogP contribution in [0, 0.1) is 13.8 Å². The summed E-state index contributed by atoms with van der Waals surface area (Å²) in [4.78, 5) is 4.82. The SMILES string of the molecule is C.CCCCCCCCC1(CCCCCCCC)c2cc(C)ccc2-c2ccc(-c3ccc(N(c4ccc(CCCC)cc4)c4ccc(N(c5ccc(C)cc5)c5ccc(CCCC)cc5)cc4)cc3)cc21. The molecule has 2 nitrogen and oxygen atoms in total. The Morgan fingerprint density at radius 2 is 0.653 bits per heavy atom. The highest BCUT2D eigenvalue weighted by atomic mass is 15.2. The average Bonchev–Trinajstić information content (AvgIpc) is 3.66. The first-order valence-electron chi connectivity index (χ1n) is 28.2. The molecule has 378 valence electrons. The minimum atomic E-state index is 0. The summed E-state index contributed by atoms with van der Waals surface area (Å²) >= 11 is 0. The number of benzene rings is 7. The summed E-state index contributed by atoms with van der Waals surface area (Å²) in [6, 6.07) is 60.8. The first-order valence-corrected chi connectivity index (χ1v) is 28.2. The van der Waals surface area contributed by atoms with E-state index in [2.05, 4.69) is 209 Å². The molecule has 72 heavy (non-hydrogen) atoms. The lowest BCUT2D eigenvalue weighted by atomic mass is 9.70. The van der Waals surface area contributed by atoms with Gasteiger partial charge in [0.25, 0.3) is 0 Å². The number of rotatable bonds is 27. The maximum atomic E-state index is 2.61. The molecule has 0 N–H and O–H groups in total. The van der Waals surface area contributed by atoms with Crippen molar-refractivity contribution in [3.8, 4) is 22.3 Å².